The number of rotatable bonds is 5. The number of hydrogen-bond donors (Lipinski definition) is 1. The van der Waals surface area contributed by atoms with Gasteiger partial charge in [0.15, 0.2) is 5.82 Å². The lowest BCUT2D eigenvalue weighted by atomic mass is 10.1. The summed E-state index contributed by atoms with van der Waals surface area (Å²) in [4.78, 5) is 17.3. The molecular weight excluding hydrogens is 256 g/mol. The Bertz CT molecular complexity index is 646. The molecule has 3 rings (SSSR count). The van der Waals surface area contributed by atoms with Crippen LogP contribution in [0.2, 0.25) is 0 Å². The summed E-state index contributed by atoms with van der Waals surface area (Å²) < 4.78 is 1.79. The number of carboxylic acids is 1. The Balaban J connectivity index is 2.06. The molecule has 1 saturated carbocycles. The summed E-state index contributed by atoms with van der Waals surface area (Å²) in [5.74, 6) is 0.220. The molecule has 6 heteroatoms. The Hall–Kier alpha value is -2.11. The largest absolute Gasteiger partial charge is 0.480 e. The highest BCUT2D eigenvalue weighted by Gasteiger charge is 2.32. The average Bonchev–Trinajstić information content (AvgIpc) is 3.13. The van der Waals surface area contributed by atoms with Crippen molar-refractivity contribution < 1.29 is 9.90 Å². The molecule has 0 spiro atoms. The van der Waals surface area contributed by atoms with Gasteiger partial charge in [-0.15, -0.1) is 0 Å². The van der Waals surface area contributed by atoms with Gasteiger partial charge in [-0.05, 0) is 24.8 Å². The molecule has 2 aromatic heterocycles. The SMILES string of the molecule is CC(C)c1cc2c(N(CC(=O)O)C3CC3)nccn2n1. The maximum atomic E-state index is 11.1. The third-order valence-corrected chi connectivity index (χ3v) is 3.55. The number of anilines is 1. The smallest absolute Gasteiger partial charge is 0.323 e. The molecule has 0 atom stereocenters. The molecule has 1 aliphatic rings. The van der Waals surface area contributed by atoms with Crippen LogP contribution >= 0.6 is 0 Å². The van der Waals surface area contributed by atoms with Gasteiger partial charge in [-0.1, -0.05) is 13.8 Å². The maximum absolute atomic E-state index is 11.1. The Morgan fingerprint density at radius 1 is 1.55 bits per heavy atom. The lowest BCUT2D eigenvalue weighted by Gasteiger charge is -2.21. The topological polar surface area (TPSA) is 70.7 Å². The molecule has 0 aromatic carbocycles. The molecule has 0 unspecified atom stereocenters. The van der Waals surface area contributed by atoms with E-state index >= 15 is 0 Å². The van der Waals surface area contributed by atoms with Gasteiger partial charge in [0.05, 0.1) is 5.69 Å². The van der Waals surface area contributed by atoms with Crippen LogP contribution in [-0.4, -0.2) is 38.3 Å². The zero-order valence-corrected chi connectivity index (χ0v) is 11.7. The second-order valence-electron chi connectivity index (χ2n) is 5.56. The highest BCUT2D eigenvalue weighted by atomic mass is 16.4. The molecule has 1 N–H and O–H groups in total. The standard InChI is InChI=1S/C14H18N4O2/c1-9(2)11-7-12-14(15-5-6-18(12)16-11)17(8-13(19)20)10-3-4-10/h5-7,9-10H,3-4,8H2,1-2H3,(H,19,20). The predicted octanol–water partition coefficient (Wildman–Crippen LogP) is 1.91. The monoisotopic (exact) mass is 274 g/mol. The van der Waals surface area contributed by atoms with Crippen LogP contribution in [0.1, 0.15) is 38.3 Å². The molecule has 1 aliphatic carbocycles. The fourth-order valence-corrected chi connectivity index (χ4v) is 2.34. The van der Waals surface area contributed by atoms with Crippen molar-refractivity contribution in [1.82, 2.24) is 14.6 Å². The molecule has 6 nitrogen and oxygen atoms in total. The van der Waals surface area contributed by atoms with Crippen LogP contribution in [0.25, 0.3) is 5.52 Å². The van der Waals surface area contributed by atoms with Gasteiger partial charge in [0.2, 0.25) is 0 Å². The van der Waals surface area contributed by atoms with Gasteiger partial charge in [-0.2, -0.15) is 5.10 Å². The normalized spacial score (nSPS) is 14.9. The van der Waals surface area contributed by atoms with Crippen LogP contribution in [0.4, 0.5) is 5.82 Å². The minimum Gasteiger partial charge on any atom is -0.480 e. The van der Waals surface area contributed by atoms with Gasteiger partial charge in [0.25, 0.3) is 0 Å². The van der Waals surface area contributed by atoms with Crippen molar-refractivity contribution in [3.63, 3.8) is 0 Å². The first-order chi connectivity index (χ1) is 9.56. The van der Waals surface area contributed by atoms with E-state index in [1.807, 2.05) is 11.0 Å². The number of aromatic nitrogens is 3. The van der Waals surface area contributed by atoms with Crippen molar-refractivity contribution >= 4 is 17.3 Å². The van der Waals surface area contributed by atoms with E-state index in [0.29, 0.717) is 12.0 Å². The summed E-state index contributed by atoms with van der Waals surface area (Å²) in [5.41, 5.74) is 1.87. The van der Waals surface area contributed by atoms with Crippen LogP contribution in [-0.2, 0) is 4.79 Å². The summed E-state index contributed by atoms with van der Waals surface area (Å²) in [6, 6.07) is 2.30. The third kappa shape index (κ3) is 2.33. The molecule has 1 fully saturated rings. The van der Waals surface area contributed by atoms with Crippen LogP contribution in [0.5, 0.6) is 0 Å². The Morgan fingerprint density at radius 3 is 2.90 bits per heavy atom. The van der Waals surface area contributed by atoms with E-state index in [1.165, 1.54) is 0 Å². The zero-order valence-electron chi connectivity index (χ0n) is 11.7. The fraction of sp³-hybridized carbons (Fsp3) is 0.500. The van der Waals surface area contributed by atoms with Crippen molar-refractivity contribution in [3.8, 4) is 0 Å². The van der Waals surface area contributed by atoms with Crippen LogP contribution in [0.15, 0.2) is 18.5 Å². The summed E-state index contributed by atoms with van der Waals surface area (Å²) >= 11 is 0. The van der Waals surface area contributed by atoms with Crippen LogP contribution in [0, 0.1) is 0 Å². The van der Waals surface area contributed by atoms with Crippen molar-refractivity contribution in [1.29, 1.82) is 0 Å². The van der Waals surface area contributed by atoms with E-state index in [4.69, 9.17) is 5.11 Å². The second kappa shape index (κ2) is 4.77. The third-order valence-electron chi connectivity index (χ3n) is 3.55. The first-order valence-electron chi connectivity index (χ1n) is 6.89. The quantitative estimate of drug-likeness (QED) is 0.901. The number of hydrogen-bond acceptors (Lipinski definition) is 4. The van der Waals surface area contributed by atoms with Crippen molar-refractivity contribution in [2.24, 2.45) is 0 Å². The van der Waals surface area contributed by atoms with Crippen molar-refractivity contribution in [2.75, 3.05) is 11.4 Å². The maximum Gasteiger partial charge on any atom is 0.323 e. The van der Waals surface area contributed by atoms with Gasteiger partial charge < -0.3 is 10.0 Å². The molecule has 0 saturated heterocycles. The number of fused-ring (bicyclic) bond motifs is 1. The van der Waals surface area contributed by atoms with Crippen LogP contribution < -0.4 is 4.90 Å². The van der Waals surface area contributed by atoms with E-state index in [2.05, 4.69) is 23.9 Å². The summed E-state index contributed by atoms with van der Waals surface area (Å²) in [6.07, 6.45) is 5.54. The number of carboxylic acid groups (broad SMARTS) is 1. The van der Waals surface area contributed by atoms with E-state index in [9.17, 15) is 4.79 Å². The van der Waals surface area contributed by atoms with Crippen molar-refractivity contribution in [3.05, 3.63) is 24.2 Å². The fourth-order valence-electron chi connectivity index (χ4n) is 2.34. The first kappa shape index (κ1) is 12.9. The van der Waals surface area contributed by atoms with E-state index in [-0.39, 0.29) is 6.54 Å². The Kier molecular flexibility index (Phi) is 3.08. The van der Waals surface area contributed by atoms with E-state index < -0.39 is 5.97 Å². The number of aliphatic carboxylic acids is 1. The first-order valence-corrected chi connectivity index (χ1v) is 6.89. The summed E-state index contributed by atoms with van der Waals surface area (Å²) in [7, 11) is 0. The molecule has 0 amide bonds. The molecule has 106 valence electrons. The average molecular weight is 274 g/mol. The lowest BCUT2D eigenvalue weighted by molar-refractivity contribution is -0.135. The molecule has 2 aromatic rings. The summed E-state index contributed by atoms with van der Waals surface area (Å²) in [5, 5.41) is 13.6. The minimum absolute atomic E-state index is 0.0144. The molecular formula is C14H18N4O2. The molecule has 0 aliphatic heterocycles. The second-order valence-corrected chi connectivity index (χ2v) is 5.56. The Morgan fingerprint density at radius 2 is 2.30 bits per heavy atom. The Labute approximate surface area is 117 Å². The number of nitrogens with zero attached hydrogens (tertiary/aromatic N) is 4. The van der Waals surface area contributed by atoms with Gasteiger partial charge >= 0.3 is 5.97 Å². The van der Waals surface area contributed by atoms with Gasteiger partial charge in [-0.3, -0.25) is 4.79 Å². The van der Waals surface area contributed by atoms with E-state index in [0.717, 1.165) is 29.9 Å². The molecule has 20 heavy (non-hydrogen) atoms. The molecule has 2 heterocycles. The highest BCUT2D eigenvalue weighted by Crippen LogP contribution is 2.33. The van der Waals surface area contributed by atoms with Gasteiger partial charge in [-0.25, -0.2) is 9.50 Å². The van der Waals surface area contributed by atoms with Gasteiger partial charge in [0.1, 0.15) is 12.1 Å². The van der Waals surface area contributed by atoms with E-state index in [1.54, 1.807) is 16.9 Å². The lowest BCUT2D eigenvalue weighted by Crippen LogP contribution is -2.32. The van der Waals surface area contributed by atoms with Crippen LogP contribution in [0.3, 0.4) is 0 Å². The molecule has 0 bridgehead atoms. The minimum atomic E-state index is -0.829. The highest BCUT2D eigenvalue weighted by molar-refractivity contribution is 5.78. The van der Waals surface area contributed by atoms with Gasteiger partial charge in [0, 0.05) is 18.4 Å². The summed E-state index contributed by atoms with van der Waals surface area (Å²) in [6.45, 7) is 4.16. The van der Waals surface area contributed by atoms with Crippen molar-refractivity contribution in [2.45, 2.75) is 38.6 Å². The molecule has 0 radical (unpaired) electrons. The predicted molar refractivity (Wildman–Crippen MR) is 75.1 cm³/mol. The number of carbonyl (C=O) groups is 1. The zero-order chi connectivity index (χ0) is 14.3.